The van der Waals surface area contributed by atoms with Crippen LogP contribution in [0.25, 0.3) is 11.3 Å². The fraction of sp³-hybridized carbons (Fsp3) is 0.400. The molecule has 1 aromatic carbocycles. The van der Waals surface area contributed by atoms with Crippen LogP contribution in [0.4, 0.5) is 15.0 Å². The van der Waals surface area contributed by atoms with Gasteiger partial charge in [-0.2, -0.15) is 0 Å². The molecular weight excluding hydrogens is 377 g/mol. The van der Waals surface area contributed by atoms with E-state index in [1.54, 1.807) is 12.1 Å². The van der Waals surface area contributed by atoms with Crippen molar-refractivity contribution in [2.24, 2.45) is 0 Å². The highest BCUT2D eigenvalue weighted by molar-refractivity contribution is 5.89. The van der Waals surface area contributed by atoms with E-state index in [0.29, 0.717) is 22.8 Å². The summed E-state index contributed by atoms with van der Waals surface area (Å²) in [4.78, 5) is 31.7. The zero-order valence-corrected chi connectivity index (χ0v) is 16.4. The molecule has 154 valence electrons. The number of nitrogens with zero attached hydrogens (tertiary/aromatic N) is 2. The summed E-state index contributed by atoms with van der Waals surface area (Å²) in [5, 5.41) is 8.55. The van der Waals surface area contributed by atoms with Gasteiger partial charge in [-0.05, 0) is 37.8 Å². The third-order valence-electron chi connectivity index (χ3n) is 4.82. The number of hydrogen-bond donors (Lipinski definition) is 3. The van der Waals surface area contributed by atoms with Gasteiger partial charge >= 0.3 is 6.03 Å². The molecule has 1 saturated carbocycles. The van der Waals surface area contributed by atoms with Crippen LogP contribution in [0.5, 0.6) is 5.75 Å². The molecule has 0 radical (unpaired) electrons. The zero-order valence-electron chi connectivity index (χ0n) is 16.4. The number of ether oxygens (including phenoxy) is 1. The van der Waals surface area contributed by atoms with Gasteiger partial charge in [-0.3, -0.25) is 10.1 Å². The summed E-state index contributed by atoms with van der Waals surface area (Å²) >= 11 is 0. The Kier molecular flexibility index (Phi) is 6.58. The second-order valence-corrected chi connectivity index (χ2v) is 6.98. The number of nitrogens with one attached hydrogen (secondary N) is 3. The number of anilines is 1. The summed E-state index contributed by atoms with van der Waals surface area (Å²) in [5.74, 6) is 0.225. The average molecular weight is 401 g/mol. The minimum Gasteiger partial charge on any atom is -0.496 e. The molecule has 3 N–H and O–H groups in total. The largest absolute Gasteiger partial charge is 0.496 e. The molecule has 1 heterocycles. The minimum absolute atomic E-state index is 0.0310. The van der Waals surface area contributed by atoms with Gasteiger partial charge in [-0.25, -0.2) is 19.2 Å². The number of halogens is 1. The lowest BCUT2D eigenvalue weighted by Gasteiger charge is -2.29. The third-order valence-corrected chi connectivity index (χ3v) is 4.82. The molecule has 1 aromatic heterocycles. The molecule has 0 aliphatic heterocycles. The summed E-state index contributed by atoms with van der Waals surface area (Å²) in [6.45, 7) is 1.51. The Hall–Kier alpha value is -3.23. The molecule has 0 atom stereocenters. The maximum absolute atomic E-state index is 13.4. The van der Waals surface area contributed by atoms with Crippen LogP contribution in [0.1, 0.15) is 32.6 Å². The molecule has 1 aliphatic rings. The topological polar surface area (TPSA) is 105 Å². The van der Waals surface area contributed by atoms with Crippen LogP contribution >= 0.6 is 0 Å². The number of benzene rings is 1. The molecule has 0 saturated heterocycles. The lowest BCUT2D eigenvalue weighted by Crippen LogP contribution is -2.44. The Morgan fingerprint density at radius 1 is 1.07 bits per heavy atom. The molecule has 8 nitrogen and oxygen atoms in total. The van der Waals surface area contributed by atoms with Crippen LogP contribution in [0.2, 0.25) is 0 Å². The first-order chi connectivity index (χ1) is 13.9. The van der Waals surface area contributed by atoms with E-state index >= 15 is 0 Å². The van der Waals surface area contributed by atoms with Crippen molar-refractivity contribution in [1.29, 1.82) is 0 Å². The van der Waals surface area contributed by atoms with Gasteiger partial charge in [0.15, 0.2) is 0 Å². The zero-order chi connectivity index (χ0) is 20.8. The van der Waals surface area contributed by atoms with Gasteiger partial charge in [-0.15, -0.1) is 0 Å². The van der Waals surface area contributed by atoms with Crippen molar-refractivity contribution in [1.82, 2.24) is 20.6 Å². The molecule has 1 aliphatic carbocycles. The van der Waals surface area contributed by atoms with E-state index in [1.807, 2.05) is 0 Å². The lowest BCUT2D eigenvalue weighted by atomic mass is 9.91. The van der Waals surface area contributed by atoms with Crippen LogP contribution in [-0.4, -0.2) is 41.1 Å². The minimum atomic E-state index is -0.411. The number of urea groups is 1. The predicted octanol–water partition coefficient (Wildman–Crippen LogP) is 2.86. The first-order valence-electron chi connectivity index (χ1n) is 9.45. The second-order valence-electron chi connectivity index (χ2n) is 6.98. The standard InChI is InChI=1S/C20H24FN5O3/c1-12(27)24-14-4-6-15(7-5-14)25-20(28)26-19-10-17(22-11-23-19)16-8-3-13(21)9-18(16)29-2/h3,8-11,14-15H,4-7H2,1-2H3,(H,24,27)(H2,22,23,25,26,28). The molecule has 3 amide bonds. The van der Waals surface area contributed by atoms with Crippen molar-refractivity contribution in [3.05, 3.63) is 36.4 Å². The molecule has 9 heteroatoms. The van der Waals surface area contributed by atoms with E-state index in [1.165, 1.54) is 32.5 Å². The van der Waals surface area contributed by atoms with Crippen molar-refractivity contribution in [3.8, 4) is 17.0 Å². The SMILES string of the molecule is COc1cc(F)ccc1-c1cc(NC(=O)NC2CCC(NC(C)=O)CC2)ncn1. The maximum atomic E-state index is 13.4. The Morgan fingerprint density at radius 2 is 1.76 bits per heavy atom. The van der Waals surface area contributed by atoms with E-state index < -0.39 is 5.82 Å². The van der Waals surface area contributed by atoms with Crippen LogP contribution in [0, 0.1) is 5.82 Å². The van der Waals surface area contributed by atoms with Gasteiger partial charge < -0.3 is 15.4 Å². The van der Waals surface area contributed by atoms with Gasteiger partial charge in [0, 0.05) is 36.7 Å². The van der Waals surface area contributed by atoms with Gasteiger partial charge in [0.2, 0.25) is 5.91 Å². The number of rotatable bonds is 5. The summed E-state index contributed by atoms with van der Waals surface area (Å²) in [5.41, 5.74) is 1.10. The van der Waals surface area contributed by atoms with E-state index in [9.17, 15) is 14.0 Å². The van der Waals surface area contributed by atoms with Crippen molar-refractivity contribution in [2.75, 3.05) is 12.4 Å². The molecule has 0 bridgehead atoms. The van der Waals surface area contributed by atoms with Gasteiger partial charge in [0.1, 0.15) is 23.7 Å². The highest BCUT2D eigenvalue weighted by Crippen LogP contribution is 2.29. The number of amides is 3. The average Bonchev–Trinajstić information content (AvgIpc) is 2.69. The number of methoxy groups -OCH3 is 1. The Balaban J connectivity index is 1.59. The molecule has 0 unspecified atom stereocenters. The van der Waals surface area contributed by atoms with Crippen LogP contribution < -0.4 is 20.7 Å². The molecule has 2 aromatic rings. The summed E-state index contributed by atoms with van der Waals surface area (Å²) in [6, 6.07) is 5.61. The summed E-state index contributed by atoms with van der Waals surface area (Å²) in [7, 11) is 1.45. The fourth-order valence-electron chi connectivity index (χ4n) is 3.46. The van der Waals surface area contributed by atoms with Crippen LogP contribution in [-0.2, 0) is 4.79 Å². The van der Waals surface area contributed by atoms with Crippen molar-refractivity contribution in [2.45, 2.75) is 44.7 Å². The van der Waals surface area contributed by atoms with E-state index in [0.717, 1.165) is 25.7 Å². The highest BCUT2D eigenvalue weighted by Gasteiger charge is 2.23. The van der Waals surface area contributed by atoms with Crippen molar-refractivity contribution in [3.63, 3.8) is 0 Å². The fourth-order valence-corrected chi connectivity index (χ4v) is 3.46. The predicted molar refractivity (Wildman–Crippen MR) is 106 cm³/mol. The van der Waals surface area contributed by atoms with Gasteiger partial charge in [-0.1, -0.05) is 0 Å². The smallest absolute Gasteiger partial charge is 0.320 e. The first kappa shape index (κ1) is 20.5. The third kappa shape index (κ3) is 5.63. The molecular formula is C20H24FN5O3. The van der Waals surface area contributed by atoms with Crippen molar-refractivity contribution >= 4 is 17.8 Å². The molecule has 3 rings (SSSR count). The summed E-state index contributed by atoms with van der Waals surface area (Å²) < 4.78 is 18.6. The monoisotopic (exact) mass is 401 g/mol. The number of carbonyl (C=O) groups excluding carboxylic acids is 2. The molecule has 29 heavy (non-hydrogen) atoms. The second kappa shape index (κ2) is 9.31. The Morgan fingerprint density at radius 3 is 2.41 bits per heavy atom. The normalized spacial score (nSPS) is 18.6. The van der Waals surface area contributed by atoms with Crippen molar-refractivity contribution < 1.29 is 18.7 Å². The van der Waals surface area contributed by atoms with Gasteiger partial charge in [0.05, 0.1) is 12.8 Å². The first-order valence-corrected chi connectivity index (χ1v) is 9.45. The number of carbonyl (C=O) groups is 2. The Labute approximate surface area is 168 Å². The van der Waals surface area contributed by atoms with E-state index in [-0.39, 0.29) is 24.0 Å². The van der Waals surface area contributed by atoms with E-state index in [2.05, 4.69) is 25.9 Å². The Bertz CT molecular complexity index is 884. The molecule has 0 spiro atoms. The number of aromatic nitrogens is 2. The highest BCUT2D eigenvalue weighted by atomic mass is 19.1. The molecule has 1 fully saturated rings. The van der Waals surface area contributed by atoms with Crippen LogP contribution in [0.15, 0.2) is 30.6 Å². The maximum Gasteiger partial charge on any atom is 0.320 e. The quantitative estimate of drug-likeness (QED) is 0.715. The van der Waals surface area contributed by atoms with Crippen LogP contribution in [0.3, 0.4) is 0 Å². The number of hydrogen-bond acceptors (Lipinski definition) is 5. The van der Waals surface area contributed by atoms with E-state index in [4.69, 9.17) is 4.74 Å². The van der Waals surface area contributed by atoms with Gasteiger partial charge in [0.25, 0.3) is 0 Å². The summed E-state index contributed by atoms with van der Waals surface area (Å²) in [6.07, 6.45) is 4.56. The lowest BCUT2D eigenvalue weighted by molar-refractivity contribution is -0.119.